The minimum atomic E-state index is -3.18. The van der Waals surface area contributed by atoms with Crippen molar-refractivity contribution < 1.29 is 13.5 Å². The lowest BCUT2D eigenvalue weighted by Gasteiger charge is -2.56. The molecule has 1 N–H and O–H groups in total. The lowest BCUT2D eigenvalue weighted by molar-refractivity contribution is -0.0772. The smallest absolute Gasteiger partial charge is 0.178 e. The Morgan fingerprint density at radius 3 is 2.50 bits per heavy atom. The molecule has 3 nitrogen and oxygen atoms in total. The molecule has 0 aliphatic heterocycles. The first-order valence-corrected chi connectivity index (χ1v) is 14.0. The second-order valence-electron chi connectivity index (χ2n) is 11.1. The average Bonchev–Trinajstić information content (AvgIpc) is 3.09. The fourth-order valence-corrected chi connectivity index (χ4v) is 9.86. The Balaban J connectivity index is 1.28. The van der Waals surface area contributed by atoms with Gasteiger partial charge in [-0.05, 0) is 117 Å². The van der Waals surface area contributed by atoms with E-state index in [1.54, 1.807) is 12.1 Å². The van der Waals surface area contributed by atoms with Gasteiger partial charge in [-0.15, -0.1) is 0 Å². The summed E-state index contributed by atoms with van der Waals surface area (Å²) in [6.45, 7) is 2.50. The summed E-state index contributed by atoms with van der Waals surface area (Å²) in [5.74, 6) is 4.93. The predicted octanol–water partition coefficient (Wildman–Crippen LogP) is 5.48. The fourth-order valence-electron chi connectivity index (χ4n) is 8.45. The van der Waals surface area contributed by atoms with Gasteiger partial charge in [-0.3, -0.25) is 0 Å². The maximum absolute atomic E-state index is 12.8. The van der Waals surface area contributed by atoms with E-state index < -0.39 is 9.84 Å². The van der Waals surface area contributed by atoms with Crippen molar-refractivity contribution in [1.82, 2.24) is 0 Å². The average molecular weight is 431 g/mol. The maximum atomic E-state index is 12.8. The minimum Gasteiger partial charge on any atom is -0.393 e. The highest BCUT2D eigenvalue weighted by atomic mass is 32.2. The number of benzene rings is 1. The first kappa shape index (κ1) is 21.0. The summed E-state index contributed by atoms with van der Waals surface area (Å²) in [4.78, 5) is 0.478. The molecule has 0 radical (unpaired) electrons. The van der Waals surface area contributed by atoms with Crippen LogP contribution in [0, 0.1) is 40.9 Å². The second-order valence-corrected chi connectivity index (χ2v) is 13.3. The molecule has 5 rings (SSSR count). The van der Waals surface area contributed by atoms with E-state index in [4.69, 9.17) is 0 Å². The van der Waals surface area contributed by atoms with E-state index in [2.05, 4.69) is 6.92 Å². The van der Waals surface area contributed by atoms with E-state index in [9.17, 15) is 13.5 Å². The summed E-state index contributed by atoms with van der Waals surface area (Å²) in [6.07, 6.45) is 11.8. The molecule has 1 aromatic carbocycles. The standard InChI is InChI=1S/C26H38O3S/c1-26-15-13-23-22-11-9-20(27)17-18(22)7-10-24(23)25(26)12-8-19(26)14-16-30(28,29)21-5-3-2-4-6-21/h2-6,18-20,22-25,27H,7-17H2,1H3. The van der Waals surface area contributed by atoms with E-state index in [1.807, 2.05) is 18.2 Å². The summed E-state index contributed by atoms with van der Waals surface area (Å²) < 4.78 is 25.7. The topological polar surface area (TPSA) is 54.4 Å². The van der Waals surface area contributed by atoms with Crippen LogP contribution < -0.4 is 0 Å². The van der Waals surface area contributed by atoms with E-state index in [0.717, 1.165) is 48.9 Å². The quantitative estimate of drug-likeness (QED) is 0.688. The third-order valence-corrected chi connectivity index (χ3v) is 11.7. The summed E-state index contributed by atoms with van der Waals surface area (Å²) in [5, 5.41) is 10.1. The molecule has 0 spiro atoms. The van der Waals surface area contributed by atoms with Crippen LogP contribution in [-0.2, 0) is 9.84 Å². The fraction of sp³-hybridized carbons (Fsp3) is 0.769. The zero-order chi connectivity index (χ0) is 20.9. The van der Waals surface area contributed by atoms with Crippen LogP contribution in [0.4, 0.5) is 0 Å². The molecule has 0 amide bonds. The van der Waals surface area contributed by atoms with Gasteiger partial charge in [0.25, 0.3) is 0 Å². The van der Waals surface area contributed by atoms with Crippen molar-refractivity contribution in [3.05, 3.63) is 30.3 Å². The lowest BCUT2D eigenvalue weighted by atomic mass is 9.49. The van der Waals surface area contributed by atoms with Crippen LogP contribution in [0.5, 0.6) is 0 Å². The zero-order valence-corrected chi connectivity index (χ0v) is 19.2. The zero-order valence-electron chi connectivity index (χ0n) is 18.4. The first-order chi connectivity index (χ1) is 14.4. The van der Waals surface area contributed by atoms with Crippen LogP contribution in [0.3, 0.4) is 0 Å². The molecular formula is C26H38O3S. The van der Waals surface area contributed by atoms with Gasteiger partial charge in [0.1, 0.15) is 0 Å². The van der Waals surface area contributed by atoms with Crippen molar-refractivity contribution in [3.63, 3.8) is 0 Å². The monoisotopic (exact) mass is 430 g/mol. The maximum Gasteiger partial charge on any atom is 0.178 e. The van der Waals surface area contributed by atoms with Crippen molar-refractivity contribution >= 4 is 9.84 Å². The van der Waals surface area contributed by atoms with Crippen LogP contribution in [0.15, 0.2) is 35.2 Å². The van der Waals surface area contributed by atoms with E-state index >= 15 is 0 Å². The van der Waals surface area contributed by atoms with Gasteiger partial charge < -0.3 is 5.11 Å². The summed E-state index contributed by atoms with van der Waals surface area (Å²) in [5.41, 5.74) is 0.328. The van der Waals surface area contributed by atoms with Crippen LogP contribution in [0.2, 0.25) is 0 Å². The van der Waals surface area contributed by atoms with E-state index in [-0.39, 0.29) is 6.10 Å². The molecule has 166 valence electrons. The lowest BCUT2D eigenvalue weighted by Crippen LogP contribution is -2.49. The van der Waals surface area contributed by atoms with Crippen molar-refractivity contribution in [1.29, 1.82) is 0 Å². The number of fused-ring (bicyclic) bond motifs is 5. The normalized spacial score (nSPS) is 43.5. The van der Waals surface area contributed by atoms with Gasteiger partial charge >= 0.3 is 0 Å². The number of sulfone groups is 1. The third-order valence-electron chi connectivity index (χ3n) is 9.96. The van der Waals surface area contributed by atoms with Gasteiger partial charge in [0.15, 0.2) is 9.84 Å². The number of hydrogen-bond donors (Lipinski definition) is 1. The SMILES string of the molecule is CC12CCC3C4CCC(O)CC4CCC3C1CCC2CCS(=O)(=O)c1ccccc1. The molecule has 8 unspecified atom stereocenters. The number of aliphatic hydroxyl groups excluding tert-OH is 1. The highest BCUT2D eigenvalue weighted by molar-refractivity contribution is 7.91. The molecule has 0 aromatic heterocycles. The molecular weight excluding hydrogens is 392 g/mol. The number of aliphatic hydroxyl groups is 1. The largest absolute Gasteiger partial charge is 0.393 e. The summed E-state index contributed by atoms with van der Waals surface area (Å²) >= 11 is 0. The van der Waals surface area contributed by atoms with Gasteiger partial charge in [0.2, 0.25) is 0 Å². The molecule has 4 fully saturated rings. The number of rotatable bonds is 4. The van der Waals surface area contributed by atoms with Crippen LogP contribution in [0.1, 0.15) is 71.1 Å². The Hall–Kier alpha value is -0.870. The summed E-state index contributed by atoms with van der Waals surface area (Å²) in [7, 11) is -3.18. The summed E-state index contributed by atoms with van der Waals surface area (Å²) in [6, 6.07) is 8.99. The van der Waals surface area contributed by atoms with Crippen LogP contribution in [-0.4, -0.2) is 25.4 Å². The van der Waals surface area contributed by atoms with Crippen molar-refractivity contribution in [2.24, 2.45) is 40.9 Å². The molecule has 4 heteroatoms. The second kappa shape index (κ2) is 7.92. The Labute approximate surface area is 182 Å². The Morgan fingerprint density at radius 2 is 1.70 bits per heavy atom. The number of hydrogen-bond acceptors (Lipinski definition) is 3. The van der Waals surface area contributed by atoms with Crippen molar-refractivity contribution in [2.75, 3.05) is 5.75 Å². The highest BCUT2D eigenvalue weighted by Gasteiger charge is 2.56. The first-order valence-electron chi connectivity index (χ1n) is 12.3. The van der Waals surface area contributed by atoms with Crippen molar-refractivity contribution in [2.45, 2.75) is 82.1 Å². The molecule has 4 aliphatic rings. The van der Waals surface area contributed by atoms with Crippen LogP contribution >= 0.6 is 0 Å². The predicted molar refractivity (Wildman–Crippen MR) is 120 cm³/mol. The Kier molecular flexibility index (Phi) is 5.54. The van der Waals surface area contributed by atoms with Gasteiger partial charge in [0.05, 0.1) is 16.8 Å². The van der Waals surface area contributed by atoms with Crippen LogP contribution in [0.25, 0.3) is 0 Å². The molecule has 4 aliphatic carbocycles. The van der Waals surface area contributed by atoms with Gasteiger partial charge in [-0.2, -0.15) is 0 Å². The van der Waals surface area contributed by atoms with E-state index in [1.165, 1.54) is 44.9 Å². The molecule has 4 saturated carbocycles. The Bertz CT molecular complexity index is 850. The van der Waals surface area contributed by atoms with Crippen molar-refractivity contribution in [3.8, 4) is 0 Å². The third kappa shape index (κ3) is 3.56. The van der Waals surface area contributed by atoms with Gasteiger partial charge in [0, 0.05) is 0 Å². The van der Waals surface area contributed by atoms with Gasteiger partial charge in [-0.1, -0.05) is 25.1 Å². The molecule has 1 aromatic rings. The molecule has 0 bridgehead atoms. The molecule has 0 heterocycles. The van der Waals surface area contributed by atoms with E-state index in [0.29, 0.717) is 22.0 Å². The molecule has 30 heavy (non-hydrogen) atoms. The van der Waals surface area contributed by atoms with Gasteiger partial charge in [-0.25, -0.2) is 8.42 Å². The molecule has 8 atom stereocenters. The highest BCUT2D eigenvalue weighted by Crippen LogP contribution is 2.64. The molecule has 0 saturated heterocycles. The Morgan fingerprint density at radius 1 is 0.933 bits per heavy atom. The minimum absolute atomic E-state index is 0.0564.